The van der Waals surface area contributed by atoms with Crippen molar-refractivity contribution in [3.8, 4) is 11.5 Å². The molecule has 0 spiro atoms. The molecule has 8 nitrogen and oxygen atoms in total. The molecule has 0 radical (unpaired) electrons. The molecule has 0 saturated carbocycles. The fourth-order valence-electron chi connectivity index (χ4n) is 4.83. The molecule has 0 unspecified atom stereocenters. The number of nitrogens with one attached hydrogen (secondary N) is 1. The molecule has 2 saturated heterocycles. The van der Waals surface area contributed by atoms with Crippen LogP contribution in [0.2, 0.25) is 0 Å². The Balaban J connectivity index is 1.28. The van der Waals surface area contributed by atoms with E-state index in [4.69, 9.17) is 21.7 Å². The number of hydrogen-bond donors (Lipinski definition) is 1. The smallest absolute Gasteiger partial charge is 0.270 e. The molecule has 2 heterocycles. The van der Waals surface area contributed by atoms with E-state index >= 15 is 0 Å². The van der Waals surface area contributed by atoms with E-state index in [2.05, 4.69) is 5.32 Å². The van der Waals surface area contributed by atoms with E-state index in [1.807, 2.05) is 48.2 Å². The topological polar surface area (TPSA) is 88.2 Å². The number of methoxy groups -OCH3 is 1. The second-order valence-electron chi connectivity index (χ2n) is 10.0. The van der Waals surface area contributed by atoms with Gasteiger partial charge in [0.15, 0.2) is 16.6 Å². The van der Waals surface area contributed by atoms with E-state index < -0.39 is 11.8 Å². The number of carbonyl (C=O) groups is 3. The maximum absolute atomic E-state index is 13.3. The van der Waals surface area contributed by atoms with Crippen molar-refractivity contribution in [1.29, 1.82) is 0 Å². The first-order valence-electron chi connectivity index (χ1n) is 13.5. The molecule has 0 atom stereocenters. The van der Waals surface area contributed by atoms with Gasteiger partial charge in [-0.25, -0.2) is 0 Å². The second-order valence-corrected chi connectivity index (χ2v) is 10.4. The largest absolute Gasteiger partial charge is 0.493 e. The SMILES string of the molecule is COc1cc(/C=C2\C(=O)NC(=S)N(c3ccc(C)cc3)C2=O)ccc1OCc1ccc(C(=O)N2CCCCC2)cc1. The maximum atomic E-state index is 13.3. The summed E-state index contributed by atoms with van der Waals surface area (Å²) in [5.74, 6) is -0.0534. The van der Waals surface area contributed by atoms with E-state index in [1.165, 1.54) is 24.5 Å². The molecule has 3 aromatic rings. The first-order valence-corrected chi connectivity index (χ1v) is 13.9. The summed E-state index contributed by atoms with van der Waals surface area (Å²) >= 11 is 5.28. The average Bonchev–Trinajstić information content (AvgIpc) is 2.99. The lowest BCUT2D eigenvalue weighted by atomic mass is 10.1. The van der Waals surface area contributed by atoms with Crippen LogP contribution in [0.3, 0.4) is 0 Å². The predicted molar refractivity (Wildman–Crippen MR) is 161 cm³/mol. The number of benzene rings is 3. The van der Waals surface area contributed by atoms with Crippen molar-refractivity contribution in [2.45, 2.75) is 32.8 Å². The van der Waals surface area contributed by atoms with Crippen molar-refractivity contribution in [3.05, 3.63) is 94.6 Å². The summed E-state index contributed by atoms with van der Waals surface area (Å²) in [6.45, 7) is 3.85. The van der Waals surface area contributed by atoms with Crippen molar-refractivity contribution in [3.63, 3.8) is 0 Å². The zero-order valence-electron chi connectivity index (χ0n) is 23.0. The van der Waals surface area contributed by atoms with Crippen LogP contribution in [0.25, 0.3) is 6.08 Å². The van der Waals surface area contributed by atoms with Crippen LogP contribution in [0.1, 0.15) is 46.3 Å². The van der Waals surface area contributed by atoms with Gasteiger partial charge in [-0.1, -0.05) is 35.9 Å². The number of thiocarbonyl (C=S) groups is 1. The molecular formula is C32H31N3O5S. The number of hydrogen-bond acceptors (Lipinski definition) is 6. The van der Waals surface area contributed by atoms with Crippen LogP contribution in [0.15, 0.2) is 72.3 Å². The van der Waals surface area contributed by atoms with Crippen LogP contribution < -0.4 is 19.7 Å². The fourth-order valence-corrected chi connectivity index (χ4v) is 5.11. The van der Waals surface area contributed by atoms with Gasteiger partial charge in [0, 0.05) is 18.7 Å². The number of carbonyl (C=O) groups excluding carboxylic acids is 3. The van der Waals surface area contributed by atoms with Crippen molar-refractivity contribution < 1.29 is 23.9 Å². The molecule has 1 N–H and O–H groups in total. The van der Waals surface area contributed by atoms with Gasteiger partial charge in [-0.05, 0) is 92.0 Å². The Labute approximate surface area is 244 Å². The molecule has 0 aliphatic carbocycles. The minimum Gasteiger partial charge on any atom is -0.493 e. The Morgan fingerprint density at radius 3 is 2.34 bits per heavy atom. The predicted octanol–water partition coefficient (Wildman–Crippen LogP) is 5.04. The van der Waals surface area contributed by atoms with Gasteiger partial charge in [-0.15, -0.1) is 0 Å². The number of ether oxygens (including phenoxy) is 2. The molecule has 3 aromatic carbocycles. The van der Waals surface area contributed by atoms with Crippen molar-refractivity contribution in [1.82, 2.24) is 10.2 Å². The lowest BCUT2D eigenvalue weighted by Crippen LogP contribution is -2.54. The number of nitrogens with zero attached hydrogens (tertiary/aromatic N) is 2. The summed E-state index contributed by atoms with van der Waals surface area (Å²) in [6, 6.07) is 19.9. The van der Waals surface area contributed by atoms with Crippen molar-refractivity contribution >= 4 is 46.8 Å². The lowest BCUT2D eigenvalue weighted by molar-refractivity contribution is -0.122. The highest BCUT2D eigenvalue weighted by Crippen LogP contribution is 2.31. The minimum absolute atomic E-state index is 0.0335. The molecule has 0 aromatic heterocycles. The summed E-state index contributed by atoms with van der Waals surface area (Å²) in [5.41, 5.74) is 3.73. The quantitative estimate of drug-likeness (QED) is 0.244. The second kappa shape index (κ2) is 12.3. The van der Waals surface area contributed by atoms with Crippen LogP contribution in [-0.4, -0.2) is 47.9 Å². The number of piperidine rings is 1. The van der Waals surface area contributed by atoms with Crippen LogP contribution in [0.4, 0.5) is 5.69 Å². The monoisotopic (exact) mass is 569 g/mol. The molecule has 9 heteroatoms. The van der Waals surface area contributed by atoms with Crippen LogP contribution in [0.5, 0.6) is 11.5 Å². The molecule has 2 aliphatic heterocycles. The van der Waals surface area contributed by atoms with Gasteiger partial charge in [-0.2, -0.15) is 0 Å². The van der Waals surface area contributed by atoms with Gasteiger partial charge in [-0.3, -0.25) is 24.6 Å². The summed E-state index contributed by atoms with van der Waals surface area (Å²) in [6.07, 6.45) is 4.79. The first kappa shape index (κ1) is 28.0. The Morgan fingerprint density at radius 2 is 1.66 bits per heavy atom. The maximum Gasteiger partial charge on any atom is 0.270 e. The molecule has 0 bridgehead atoms. The number of likely N-dealkylation sites (tertiary alicyclic amines) is 1. The number of amides is 3. The van der Waals surface area contributed by atoms with Gasteiger partial charge < -0.3 is 14.4 Å². The van der Waals surface area contributed by atoms with E-state index in [9.17, 15) is 14.4 Å². The average molecular weight is 570 g/mol. The lowest BCUT2D eigenvalue weighted by Gasteiger charge is -2.29. The molecule has 2 aliphatic rings. The van der Waals surface area contributed by atoms with Gasteiger partial charge in [0.05, 0.1) is 12.8 Å². The standard InChI is InChI=1S/C32H31N3O5S/c1-21-6-13-25(14-7-21)35-31(38)26(29(36)33-32(35)41)18-23-10-15-27(28(19-23)39-2)40-20-22-8-11-24(12-9-22)30(37)34-16-4-3-5-17-34/h6-15,18-19H,3-5,16-17,20H2,1-2H3,(H,33,36,41)/b26-18+. The minimum atomic E-state index is -0.565. The van der Waals surface area contributed by atoms with E-state index in [1.54, 1.807) is 30.3 Å². The number of anilines is 1. The molecule has 210 valence electrons. The fraction of sp³-hybridized carbons (Fsp3) is 0.250. The summed E-state index contributed by atoms with van der Waals surface area (Å²) in [5, 5.41) is 2.63. The number of rotatable bonds is 7. The molecular weight excluding hydrogens is 538 g/mol. The van der Waals surface area contributed by atoms with E-state index in [0.29, 0.717) is 28.3 Å². The highest BCUT2D eigenvalue weighted by molar-refractivity contribution is 7.80. The third kappa shape index (κ3) is 6.30. The molecule has 5 rings (SSSR count). The molecule has 3 amide bonds. The Hall–Kier alpha value is -4.50. The van der Waals surface area contributed by atoms with E-state index in [-0.39, 0.29) is 23.2 Å². The molecule has 41 heavy (non-hydrogen) atoms. The van der Waals surface area contributed by atoms with Crippen LogP contribution >= 0.6 is 12.2 Å². The summed E-state index contributed by atoms with van der Waals surface area (Å²) < 4.78 is 11.5. The van der Waals surface area contributed by atoms with Gasteiger partial charge >= 0.3 is 0 Å². The van der Waals surface area contributed by atoms with Gasteiger partial charge in [0.1, 0.15) is 12.2 Å². The Bertz CT molecular complexity index is 1510. The molecule has 2 fully saturated rings. The number of aryl methyl sites for hydroxylation is 1. The highest BCUT2D eigenvalue weighted by atomic mass is 32.1. The third-order valence-corrected chi connectivity index (χ3v) is 7.42. The van der Waals surface area contributed by atoms with Crippen molar-refractivity contribution in [2.75, 3.05) is 25.1 Å². The normalized spacial score (nSPS) is 16.5. The zero-order valence-corrected chi connectivity index (χ0v) is 23.8. The van der Waals surface area contributed by atoms with Crippen LogP contribution in [-0.2, 0) is 16.2 Å². The third-order valence-electron chi connectivity index (χ3n) is 7.13. The van der Waals surface area contributed by atoms with E-state index in [0.717, 1.165) is 37.1 Å². The van der Waals surface area contributed by atoms with Gasteiger partial charge in [0.2, 0.25) is 0 Å². The Kier molecular flexibility index (Phi) is 8.45. The Morgan fingerprint density at radius 1 is 0.951 bits per heavy atom. The first-order chi connectivity index (χ1) is 19.8. The summed E-state index contributed by atoms with van der Waals surface area (Å²) in [4.78, 5) is 41.9. The van der Waals surface area contributed by atoms with Crippen molar-refractivity contribution in [2.24, 2.45) is 0 Å². The van der Waals surface area contributed by atoms with Crippen LogP contribution in [0, 0.1) is 6.92 Å². The van der Waals surface area contributed by atoms with Gasteiger partial charge in [0.25, 0.3) is 17.7 Å². The summed E-state index contributed by atoms with van der Waals surface area (Å²) in [7, 11) is 1.52. The highest BCUT2D eigenvalue weighted by Gasteiger charge is 2.34. The zero-order chi connectivity index (χ0) is 28.9.